The van der Waals surface area contributed by atoms with Crippen LogP contribution in [-0.2, 0) is 4.74 Å². The van der Waals surface area contributed by atoms with Gasteiger partial charge in [0.15, 0.2) is 5.82 Å². The van der Waals surface area contributed by atoms with Gasteiger partial charge in [-0.2, -0.15) is 0 Å². The minimum atomic E-state index is -0.628. The van der Waals surface area contributed by atoms with Crippen LogP contribution in [0.15, 0.2) is 18.2 Å². The minimum Gasteiger partial charge on any atom is -0.449 e. The highest BCUT2D eigenvalue weighted by molar-refractivity contribution is 5.68. The number of hydrogen-bond donors (Lipinski definition) is 0. The molecule has 0 unspecified atom stereocenters. The van der Waals surface area contributed by atoms with Crippen molar-refractivity contribution in [3.63, 3.8) is 0 Å². The first-order chi connectivity index (χ1) is 11.0. The molecule has 2 rings (SSSR count). The Kier molecular flexibility index (Phi) is 5.72. The summed E-state index contributed by atoms with van der Waals surface area (Å²) in [5, 5.41) is 10.6. The predicted octanol–water partition coefficient (Wildman–Crippen LogP) is 2.79. The van der Waals surface area contributed by atoms with Crippen LogP contribution >= 0.6 is 0 Å². The number of halogens is 1. The summed E-state index contributed by atoms with van der Waals surface area (Å²) in [4.78, 5) is 25.2. The van der Waals surface area contributed by atoms with Crippen LogP contribution in [0.1, 0.15) is 19.8 Å². The number of ether oxygens (including phenoxy) is 1. The van der Waals surface area contributed by atoms with E-state index in [4.69, 9.17) is 4.74 Å². The molecule has 0 saturated carbocycles. The smallest absolute Gasteiger partial charge is 0.409 e. The summed E-state index contributed by atoms with van der Waals surface area (Å²) in [5.74, 6) is -0.627. The first-order valence-corrected chi connectivity index (χ1v) is 7.63. The molecule has 0 aliphatic carbocycles. The van der Waals surface area contributed by atoms with E-state index in [0.29, 0.717) is 38.5 Å². The Morgan fingerprint density at radius 3 is 2.61 bits per heavy atom. The lowest BCUT2D eigenvalue weighted by molar-refractivity contribution is -0.385. The van der Waals surface area contributed by atoms with Gasteiger partial charge in [-0.25, -0.2) is 9.18 Å². The second-order valence-corrected chi connectivity index (χ2v) is 5.33. The summed E-state index contributed by atoms with van der Waals surface area (Å²) in [6, 6.07) is 3.60. The largest absolute Gasteiger partial charge is 0.449 e. The maximum atomic E-state index is 14.0. The molecule has 1 heterocycles. The highest BCUT2D eigenvalue weighted by Gasteiger charge is 2.24. The molecule has 1 aromatic rings. The van der Waals surface area contributed by atoms with Crippen molar-refractivity contribution in [2.75, 3.05) is 37.7 Å². The van der Waals surface area contributed by atoms with E-state index < -0.39 is 10.7 Å². The summed E-state index contributed by atoms with van der Waals surface area (Å²) < 4.78 is 19.2. The number of nitro benzene ring substituents is 1. The predicted molar refractivity (Wildman–Crippen MR) is 83.1 cm³/mol. The lowest BCUT2D eigenvalue weighted by atomic mass is 10.2. The standard InChI is InChI=1S/C15H20FN3O4/c1-2-3-10-23-15(20)18-8-6-17(7-9-18)14-5-4-12(19(21)22)11-13(14)16/h4-5,11H,2-3,6-10H2,1H3. The number of amides is 1. The third kappa shape index (κ3) is 4.30. The highest BCUT2D eigenvalue weighted by atomic mass is 19.1. The molecule has 1 saturated heterocycles. The number of nitro groups is 1. The fourth-order valence-corrected chi connectivity index (χ4v) is 2.39. The van der Waals surface area contributed by atoms with Crippen molar-refractivity contribution in [1.29, 1.82) is 0 Å². The Morgan fingerprint density at radius 1 is 1.35 bits per heavy atom. The average Bonchev–Trinajstić information content (AvgIpc) is 2.55. The minimum absolute atomic E-state index is 0.274. The number of unbranched alkanes of at least 4 members (excludes halogenated alkanes) is 1. The van der Waals surface area contributed by atoms with Crippen molar-refractivity contribution in [2.45, 2.75) is 19.8 Å². The molecule has 0 bridgehead atoms. The summed E-state index contributed by atoms with van der Waals surface area (Å²) >= 11 is 0. The van der Waals surface area contributed by atoms with Crippen LogP contribution in [0.25, 0.3) is 0 Å². The quantitative estimate of drug-likeness (QED) is 0.473. The van der Waals surface area contributed by atoms with Crippen LogP contribution in [0.5, 0.6) is 0 Å². The monoisotopic (exact) mass is 325 g/mol. The van der Waals surface area contributed by atoms with Crippen molar-refractivity contribution in [3.05, 3.63) is 34.1 Å². The molecule has 0 radical (unpaired) electrons. The van der Waals surface area contributed by atoms with E-state index in [1.165, 1.54) is 12.1 Å². The van der Waals surface area contributed by atoms with Gasteiger partial charge in [0.05, 0.1) is 23.3 Å². The summed E-state index contributed by atoms with van der Waals surface area (Å²) in [5.41, 5.74) is 0.0407. The SMILES string of the molecule is CCCCOC(=O)N1CCN(c2ccc([N+](=O)[O-])cc2F)CC1. The van der Waals surface area contributed by atoms with E-state index >= 15 is 0 Å². The zero-order chi connectivity index (χ0) is 16.8. The molecule has 23 heavy (non-hydrogen) atoms. The van der Waals surface area contributed by atoms with Gasteiger partial charge in [-0.1, -0.05) is 13.3 Å². The molecule has 0 spiro atoms. The normalized spacial score (nSPS) is 14.7. The topological polar surface area (TPSA) is 75.9 Å². The summed E-state index contributed by atoms with van der Waals surface area (Å²) in [7, 11) is 0. The zero-order valence-electron chi connectivity index (χ0n) is 13.0. The summed E-state index contributed by atoms with van der Waals surface area (Å²) in [6.45, 7) is 4.20. The third-order valence-corrected chi connectivity index (χ3v) is 3.74. The maximum absolute atomic E-state index is 14.0. The number of carbonyl (C=O) groups excluding carboxylic acids is 1. The van der Waals surface area contributed by atoms with E-state index in [0.717, 1.165) is 18.9 Å². The van der Waals surface area contributed by atoms with Gasteiger partial charge in [-0.3, -0.25) is 10.1 Å². The molecule has 1 aliphatic rings. The van der Waals surface area contributed by atoms with Crippen LogP contribution in [0.3, 0.4) is 0 Å². The number of nitrogens with zero attached hydrogens (tertiary/aromatic N) is 3. The molecule has 1 aromatic carbocycles. The van der Waals surface area contributed by atoms with E-state index in [1.54, 1.807) is 9.80 Å². The second-order valence-electron chi connectivity index (χ2n) is 5.33. The Labute approximate surface area is 133 Å². The molecule has 0 N–H and O–H groups in total. The van der Waals surface area contributed by atoms with Crippen LogP contribution in [0.4, 0.5) is 20.6 Å². The van der Waals surface area contributed by atoms with Gasteiger partial charge in [0.25, 0.3) is 5.69 Å². The van der Waals surface area contributed by atoms with Crippen LogP contribution in [-0.4, -0.2) is 48.7 Å². The van der Waals surface area contributed by atoms with Crippen LogP contribution < -0.4 is 4.90 Å². The molecule has 1 aliphatic heterocycles. The van der Waals surface area contributed by atoms with Gasteiger partial charge in [-0.05, 0) is 12.5 Å². The van der Waals surface area contributed by atoms with Crippen molar-refractivity contribution in [3.8, 4) is 0 Å². The van der Waals surface area contributed by atoms with Crippen LogP contribution in [0, 0.1) is 15.9 Å². The number of rotatable bonds is 5. The van der Waals surface area contributed by atoms with E-state index in [1.807, 2.05) is 6.92 Å². The molecular weight excluding hydrogens is 305 g/mol. The number of benzene rings is 1. The van der Waals surface area contributed by atoms with Gasteiger partial charge >= 0.3 is 6.09 Å². The van der Waals surface area contributed by atoms with Gasteiger partial charge in [0, 0.05) is 32.2 Å². The zero-order valence-corrected chi connectivity index (χ0v) is 13.0. The summed E-state index contributed by atoms with van der Waals surface area (Å²) in [6.07, 6.45) is 1.45. The molecule has 0 aromatic heterocycles. The number of anilines is 1. The molecule has 1 amide bonds. The van der Waals surface area contributed by atoms with E-state index in [2.05, 4.69) is 0 Å². The van der Waals surface area contributed by atoms with Crippen LogP contribution in [0.2, 0.25) is 0 Å². The fraction of sp³-hybridized carbons (Fsp3) is 0.533. The van der Waals surface area contributed by atoms with Gasteiger partial charge in [0.2, 0.25) is 0 Å². The number of hydrogen-bond acceptors (Lipinski definition) is 5. The maximum Gasteiger partial charge on any atom is 0.409 e. The molecule has 0 atom stereocenters. The fourth-order valence-electron chi connectivity index (χ4n) is 2.39. The number of piperazine rings is 1. The molecule has 8 heteroatoms. The van der Waals surface area contributed by atoms with Crippen molar-refractivity contribution >= 4 is 17.5 Å². The lowest BCUT2D eigenvalue weighted by Crippen LogP contribution is -2.49. The Bertz CT molecular complexity index is 574. The van der Waals surface area contributed by atoms with E-state index in [-0.39, 0.29) is 11.8 Å². The van der Waals surface area contributed by atoms with Gasteiger partial charge < -0.3 is 14.5 Å². The third-order valence-electron chi connectivity index (χ3n) is 3.74. The van der Waals surface area contributed by atoms with E-state index in [9.17, 15) is 19.3 Å². The number of carbonyl (C=O) groups is 1. The molecule has 7 nitrogen and oxygen atoms in total. The molecule has 126 valence electrons. The highest BCUT2D eigenvalue weighted by Crippen LogP contribution is 2.25. The first-order valence-electron chi connectivity index (χ1n) is 7.63. The number of non-ortho nitro benzene ring substituents is 1. The Balaban J connectivity index is 1.91. The van der Waals surface area contributed by atoms with Gasteiger partial charge in [-0.15, -0.1) is 0 Å². The lowest BCUT2D eigenvalue weighted by Gasteiger charge is -2.35. The van der Waals surface area contributed by atoms with Crippen molar-refractivity contribution in [2.24, 2.45) is 0 Å². The van der Waals surface area contributed by atoms with Crippen molar-refractivity contribution < 1.29 is 18.8 Å². The second kappa shape index (κ2) is 7.75. The van der Waals surface area contributed by atoms with Crippen molar-refractivity contribution in [1.82, 2.24) is 4.90 Å². The Morgan fingerprint density at radius 2 is 2.04 bits per heavy atom. The Hall–Kier alpha value is -2.38. The molecular formula is C15H20FN3O4. The molecule has 1 fully saturated rings. The average molecular weight is 325 g/mol. The van der Waals surface area contributed by atoms with Gasteiger partial charge in [0.1, 0.15) is 0 Å². The first kappa shape index (κ1) is 17.0.